The lowest BCUT2D eigenvalue weighted by atomic mass is 9.77. The van der Waals surface area contributed by atoms with Gasteiger partial charge in [0.1, 0.15) is 5.75 Å². The van der Waals surface area contributed by atoms with Gasteiger partial charge in [-0.2, -0.15) is 0 Å². The lowest BCUT2D eigenvalue weighted by Gasteiger charge is -2.28. The van der Waals surface area contributed by atoms with Gasteiger partial charge in [-0.25, -0.2) is 0 Å². The summed E-state index contributed by atoms with van der Waals surface area (Å²) in [6.45, 7) is 15.0. The van der Waals surface area contributed by atoms with Gasteiger partial charge in [0.25, 0.3) is 0 Å². The Balaban J connectivity index is 2.42. The molecule has 3 nitrogen and oxygen atoms in total. The van der Waals surface area contributed by atoms with Gasteiger partial charge < -0.3 is 9.29 Å². The van der Waals surface area contributed by atoms with Gasteiger partial charge in [0, 0.05) is 12.9 Å². The third-order valence-electron chi connectivity index (χ3n) is 8.10. The highest BCUT2D eigenvalue weighted by Gasteiger charge is 2.28. The van der Waals surface area contributed by atoms with E-state index in [2.05, 4.69) is 73.5 Å². The highest BCUT2D eigenvalue weighted by atomic mass is 32.1. The molecule has 0 saturated carbocycles. The first-order chi connectivity index (χ1) is 18.4. The zero-order chi connectivity index (χ0) is 29.3. The molecule has 39 heavy (non-hydrogen) atoms. The minimum absolute atomic E-state index is 0.187. The average Bonchev–Trinajstić information content (AvgIpc) is 2.86. The SMILES string of the molecule is CCCCCCCCCCCCCCCCCCC(Cc1cc(C(C)(C)C)c(O)c(C(C)(C)C)c1)C(=O)OS. The third-order valence-corrected chi connectivity index (χ3v) is 8.28. The predicted molar refractivity (Wildman–Crippen MR) is 172 cm³/mol. The number of phenols is 1. The second-order valence-corrected chi connectivity index (χ2v) is 14.1. The van der Waals surface area contributed by atoms with E-state index in [4.69, 9.17) is 4.18 Å². The zero-order valence-electron chi connectivity index (χ0n) is 26.7. The van der Waals surface area contributed by atoms with Gasteiger partial charge in [-0.1, -0.05) is 163 Å². The maximum Gasteiger partial charge on any atom is 0.321 e. The van der Waals surface area contributed by atoms with E-state index in [0.29, 0.717) is 12.2 Å². The van der Waals surface area contributed by atoms with E-state index < -0.39 is 0 Å². The summed E-state index contributed by atoms with van der Waals surface area (Å²) in [4.78, 5) is 12.6. The molecule has 1 rings (SSSR count). The van der Waals surface area contributed by atoms with Crippen molar-refractivity contribution in [3.05, 3.63) is 28.8 Å². The first-order valence-corrected chi connectivity index (χ1v) is 16.5. The third kappa shape index (κ3) is 14.9. The monoisotopic (exact) mass is 562 g/mol. The molecule has 0 saturated heterocycles. The molecular weight excluding hydrogens is 500 g/mol. The maximum atomic E-state index is 12.6. The minimum Gasteiger partial charge on any atom is -0.507 e. The average molecular weight is 563 g/mol. The van der Waals surface area contributed by atoms with Crippen LogP contribution in [0.4, 0.5) is 0 Å². The molecule has 0 amide bonds. The number of carbonyl (C=O) groups is 1. The van der Waals surface area contributed by atoms with Gasteiger partial charge in [-0.15, -0.1) is 0 Å². The lowest BCUT2D eigenvalue weighted by Crippen LogP contribution is -2.21. The molecule has 0 aliphatic carbocycles. The second-order valence-electron chi connectivity index (χ2n) is 13.9. The molecule has 1 aromatic rings. The fourth-order valence-electron chi connectivity index (χ4n) is 5.56. The number of thiol groups is 1. The normalized spacial score (nSPS) is 13.0. The van der Waals surface area contributed by atoms with Crippen LogP contribution in [0.5, 0.6) is 5.75 Å². The van der Waals surface area contributed by atoms with Crippen LogP contribution < -0.4 is 0 Å². The number of hydrogen-bond donors (Lipinski definition) is 2. The number of benzene rings is 1. The molecule has 0 radical (unpaired) electrons. The fraction of sp³-hybridized carbons (Fsp3) is 0.800. The van der Waals surface area contributed by atoms with Crippen LogP contribution in [-0.4, -0.2) is 11.1 Å². The Morgan fingerprint density at radius 3 is 1.41 bits per heavy atom. The summed E-state index contributed by atoms with van der Waals surface area (Å²) in [5.74, 6) is -0.0776. The highest BCUT2D eigenvalue weighted by Crippen LogP contribution is 2.40. The molecule has 0 aliphatic rings. The zero-order valence-corrected chi connectivity index (χ0v) is 27.6. The van der Waals surface area contributed by atoms with E-state index in [1.165, 1.54) is 89.9 Å². The Kier molecular flexibility index (Phi) is 17.5. The number of hydrogen-bond acceptors (Lipinski definition) is 4. The first-order valence-electron chi connectivity index (χ1n) is 16.1. The Morgan fingerprint density at radius 1 is 0.718 bits per heavy atom. The van der Waals surface area contributed by atoms with Crippen LogP contribution in [-0.2, 0) is 26.2 Å². The van der Waals surface area contributed by atoms with Gasteiger partial charge in [0.2, 0.25) is 0 Å². The van der Waals surface area contributed by atoms with Crippen LogP contribution in [0.1, 0.15) is 174 Å². The van der Waals surface area contributed by atoms with Gasteiger partial charge >= 0.3 is 5.97 Å². The molecule has 0 bridgehead atoms. The van der Waals surface area contributed by atoms with Crippen molar-refractivity contribution in [3.8, 4) is 5.75 Å². The van der Waals surface area contributed by atoms with Crippen molar-refractivity contribution < 1.29 is 14.1 Å². The summed E-state index contributed by atoms with van der Waals surface area (Å²) in [5, 5.41) is 11.0. The molecule has 1 unspecified atom stereocenters. The largest absolute Gasteiger partial charge is 0.507 e. The van der Waals surface area contributed by atoms with Gasteiger partial charge in [0.05, 0.1) is 5.92 Å². The molecule has 226 valence electrons. The van der Waals surface area contributed by atoms with Crippen LogP contribution in [0.25, 0.3) is 0 Å². The summed E-state index contributed by atoms with van der Waals surface area (Å²) >= 11 is 3.84. The number of phenolic OH excluding ortho intramolecular Hbond substituents is 1. The minimum atomic E-state index is -0.248. The van der Waals surface area contributed by atoms with Crippen molar-refractivity contribution in [2.75, 3.05) is 0 Å². The van der Waals surface area contributed by atoms with Gasteiger partial charge in [-0.3, -0.25) is 4.79 Å². The molecule has 0 heterocycles. The maximum absolute atomic E-state index is 12.6. The highest BCUT2D eigenvalue weighted by molar-refractivity contribution is 7.75. The topological polar surface area (TPSA) is 46.5 Å². The molecule has 0 aromatic heterocycles. The number of aromatic hydroxyl groups is 1. The summed E-state index contributed by atoms with van der Waals surface area (Å²) in [7, 11) is 0. The van der Waals surface area contributed by atoms with E-state index in [-0.39, 0.29) is 22.7 Å². The Bertz CT molecular complexity index is 768. The Morgan fingerprint density at radius 2 is 1.08 bits per heavy atom. The number of carbonyl (C=O) groups excluding carboxylic acids is 1. The van der Waals surface area contributed by atoms with Crippen LogP contribution >= 0.6 is 12.9 Å². The van der Waals surface area contributed by atoms with Crippen molar-refractivity contribution in [1.82, 2.24) is 0 Å². The summed E-state index contributed by atoms with van der Waals surface area (Å²) in [5.41, 5.74) is 2.58. The Hall–Kier alpha value is -1.16. The molecular formula is C35H62O3S. The van der Waals surface area contributed by atoms with Crippen molar-refractivity contribution >= 4 is 18.9 Å². The quantitative estimate of drug-likeness (QED) is 0.0943. The Labute approximate surface area is 247 Å². The predicted octanol–water partition coefficient (Wildman–Crippen LogP) is 11.2. The van der Waals surface area contributed by atoms with Crippen molar-refractivity contribution in [2.24, 2.45) is 5.92 Å². The van der Waals surface area contributed by atoms with Crippen LogP contribution in [0.2, 0.25) is 0 Å². The molecule has 1 atom stereocenters. The van der Waals surface area contributed by atoms with Crippen LogP contribution in [0.15, 0.2) is 12.1 Å². The van der Waals surface area contributed by atoms with E-state index in [9.17, 15) is 9.90 Å². The van der Waals surface area contributed by atoms with Crippen LogP contribution in [0, 0.1) is 5.92 Å². The van der Waals surface area contributed by atoms with E-state index in [1.807, 2.05) is 0 Å². The smallest absolute Gasteiger partial charge is 0.321 e. The summed E-state index contributed by atoms with van der Waals surface area (Å²) in [6, 6.07) is 4.16. The lowest BCUT2D eigenvalue weighted by molar-refractivity contribution is -0.137. The van der Waals surface area contributed by atoms with Gasteiger partial charge in [-0.05, 0) is 40.4 Å². The van der Waals surface area contributed by atoms with Crippen molar-refractivity contribution in [2.45, 2.75) is 175 Å². The fourth-order valence-corrected chi connectivity index (χ4v) is 5.71. The van der Waals surface area contributed by atoms with Crippen molar-refractivity contribution in [3.63, 3.8) is 0 Å². The summed E-state index contributed by atoms with van der Waals surface area (Å²) in [6.07, 6.45) is 22.9. The standard InChI is InChI=1S/C35H62O3S/c1-8-9-10-11-12-13-14-15-16-17-18-19-20-21-22-23-24-29(33(37)38-39)25-28-26-30(34(2,3)4)32(36)31(27-28)35(5,6)7/h26-27,29,36,39H,8-25H2,1-7H3. The van der Waals surface area contributed by atoms with E-state index >= 15 is 0 Å². The molecule has 0 spiro atoms. The van der Waals surface area contributed by atoms with Crippen molar-refractivity contribution in [1.29, 1.82) is 0 Å². The van der Waals surface area contributed by atoms with Crippen LogP contribution in [0.3, 0.4) is 0 Å². The molecule has 1 N–H and O–H groups in total. The number of unbranched alkanes of at least 4 members (excludes halogenated alkanes) is 15. The molecule has 0 aliphatic heterocycles. The first kappa shape index (κ1) is 35.9. The second kappa shape index (κ2) is 19.1. The number of rotatable bonds is 20. The molecule has 0 fully saturated rings. The van der Waals surface area contributed by atoms with E-state index in [0.717, 1.165) is 36.0 Å². The van der Waals surface area contributed by atoms with E-state index in [1.54, 1.807) is 0 Å². The summed E-state index contributed by atoms with van der Waals surface area (Å²) < 4.78 is 4.89. The molecule has 4 heteroatoms. The molecule has 1 aromatic carbocycles. The van der Waals surface area contributed by atoms with Gasteiger partial charge in [0.15, 0.2) is 0 Å².